The van der Waals surface area contributed by atoms with Gasteiger partial charge in [-0.3, -0.25) is 9.59 Å². The predicted molar refractivity (Wildman–Crippen MR) is 215 cm³/mol. The van der Waals surface area contributed by atoms with Crippen LogP contribution in [0.25, 0.3) is 11.2 Å². The van der Waals surface area contributed by atoms with Crippen LogP contribution >= 0.6 is 0 Å². The Hall–Kier alpha value is -6.64. The number of nitrogens with two attached hydrogens (primary N) is 2. The summed E-state index contributed by atoms with van der Waals surface area (Å²) in [4.78, 5) is 59.7. The van der Waals surface area contributed by atoms with Crippen molar-refractivity contribution in [2.75, 3.05) is 64.2 Å². The van der Waals surface area contributed by atoms with Gasteiger partial charge < -0.3 is 61.4 Å². The summed E-state index contributed by atoms with van der Waals surface area (Å²) in [7, 11) is 0. The van der Waals surface area contributed by atoms with E-state index in [9.17, 15) is 14.4 Å². The van der Waals surface area contributed by atoms with Gasteiger partial charge >= 0.3 is 12.0 Å². The van der Waals surface area contributed by atoms with E-state index in [1.165, 1.54) is 12.5 Å². The second-order valence-corrected chi connectivity index (χ2v) is 12.9. The third kappa shape index (κ3) is 16.4. The highest BCUT2D eigenvalue weighted by Crippen LogP contribution is 2.21. The van der Waals surface area contributed by atoms with Gasteiger partial charge in [-0.05, 0) is 34.7 Å². The maximum absolute atomic E-state index is 12.3. The minimum atomic E-state index is -0.296. The molecule has 0 unspecified atom stereocenters. The maximum Gasteiger partial charge on any atom is 0.318 e. The number of nitrogen functional groups attached to an aromatic ring is 2. The van der Waals surface area contributed by atoms with Gasteiger partial charge in [0, 0.05) is 45.2 Å². The van der Waals surface area contributed by atoms with Crippen LogP contribution in [0.2, 0.25) is 0 Å². The lowest BCUT2D eigenvalue weighted by molar-refractivity contribution is -0.122. The number of H-pyrrole nitrogens is 1. The van der Waals surface area contributed by atoms with Crippen LogP contribution in [0.4, 0.5) is 16.6 Å². The van der Waals surface area contributed by atoms with Gasteiger partial charge in [0.25, 0.3) is 0 Å². The number of nitrogens with zero attached hydrogens (tertiary/aromatic N) is 5. The normalized spacial score (nSPS) is 10.9. The second kappa shape index (κ2) is 24.2. The summed E-state index contributed by atoms with van der Waals surface area (Å²) >= 11 is 0. The van der Waals surface area contributed by atoms with E-state index in [0.29, 0.717) is 102 Å². The van der Waals surface area contributed by atoms with Gasteiger partial charge in [0.1, 0.15) is 24.5 Å². The fourth-order valence-electron chi connectivity index (χ4n) is 5.23. The van der Waals surface area contributed by atoms with Crippen LogP contribution < -0.4 is 42.2 Å². The predicted octanol–water partition coefficient (Wildman–Crippen LogP) is 1.92. The first-order chi connectivity index (χ1) is 28.8. The number of benzene rings is 2. The van der Waals surface area contributed by atoms with Crippen molar-refractivity contribution in [2.24, 2.45) is 0 Å². The molecule has 20 nitrogen and oxygen atoms in total. The lowest BCUT2D eigenvalue weighted by Crippen LogP contribution is -2.37. The fourth-order valence-corrected chi connectivity index (χ4v) is 5.23. The first-order valence-electron chi connectivity index (χ1n) is 19.1. The Labute approximate surface area is 340 Å². The van der Waals surface area contributed by atoms with Gasteiger partial charge in [-0.25, -0.2) is 14.8 Å². The SMILES string of the molecule is Nc1ccnc(OCc2ccc(CNC(=O)NCCOCCOCCOCCNC(=O)CCCC(=O)NCc3ccc(COc4nc(N)nc5nc[nH]c45)cc3)cc2)n1. The van der Waals surface area contributed by atoms with Crippen molar-refractivity contribution in [1.29, 1.82) is 0 Å². The Bertz CT molecular complexity index is 2050. The van der Waals surface area contributed by atoms with Crippen molar-refractivity contribution >= 4 is 40.8 Å². The first-order valence-corrected chi connectivity index (χ1v) is 19.1. The minimum absolute atomic E-state index is 0.0782. The molecule has 0 saturated heterocycles. The molecular weight excluding hydrogens is 765 g/mol. The molecule has 0 fully saturated rings. The number of hydrogen-bond acceptors (Lipinski definition) is 15. The zero-order valence-corrected chi connectivity index (χ0v) is 32.6. The van der Waals surface area contributed by atoms with Crippen molar-refractivity contribution in [2.45, 2.75) is 45.6 Å². The summed E-state index contributed by atoms with van der Waals surface area (Å²) in [5.41, 5.74) is 16.1. The number of imidazole rings is 1. The van der Waals surface area contributed by atoms with E-state index in [0.717, 1.165) is 22.3 Å². The van der Waals surface area contributed by atoms with E-state index in [4.69, 9.17) is 35.2 Å². The summed E-state index contributed by atoms with van der Waals surface area (Å²) in [5, 5.41) is 11.2. The number of carbonyl (C=O) groups excluding carboxylic acids is 3. The molecule has 0 aliphatic carbocycles. The molecule has 0 atom stereocenters. The molecule has 0 bridgehead atoms. The number of carbonyl (C=O) groups is 3. The number of nitrogens with one attached hydrogen (secondary N) is 5. The molecule has 5 rings (SSSR count). The van der Waals surface area contributed by atoms with Crippen molar-refractivity contribution in [3.8, 4) is 11.9 Å². The van der Waals surface area contributed by atoms with E-state index in [2.05, 4.69) is 51.2 Å². The van der Waals surface area contributed by atoms with Crippen LogP contribution in [0.15, 0.2) is 67.1 Å². The second-order valence-electron chi connectivity index (χ2n) is 12.9. The third-order valence-corrected chi connectivity index (χ3v) is 8.31. The largest absolute Gasteiger partial charge is 0.471 e. The van der Waals surface area contributed by atoms with Gasteiger partial charge in [0.15, 0.2) is 5.65 Å². The van der Waals surface area contributed by atoms with Gasteiger partial charge in [0.2, 0.25) is 23.6 Å². The molecular formula is C39H50N12O8. The number of anilines is 2. The molecule has 0 saturated carbocycles. The van der Waals surface area contributed by atoms with E-state index in [1.807, 2.05) is 48.5 Å². The smallest absolute Gasteiger partial charge is 0.318 e. The molecule has 2 aromatic carbocycles. The lowest BCUT2D eigenvalue weighted by atomic mass is 10.1. The number of amides is 4. The molecule has 0 radical (unpaired) electrons. The number of fused-ring (bicyclic) bond motifs is 1. The number of hydrogen-bond donors (Lipinski definition) is 7. The van der Waals surface area contributed by atoms with Crippen LogP contribution in [0.1, 0.15) is 41.5 Å². The molecule has 314 valence electrons. The van der Waals surface area contributed by atoms with E-state index in [1.54, 1.807) is 6.07 Å². The standard InChI is InChI=1S/C39H50N12O8/c40-31-12-13-44-39(49-31)59-25-30-10-6-28(7-11-30)23-46-38(54)43-15-17-56-19-21-57-20-18-55-16-14-42-32(52)2-1-3-33(53)45-22-27-4-8-29(9-5-27)24-58-36-34-35(48-26-47-34)50-37(41)51-36/h4-13,26H,1-3,14-25H2,(H,42,52)(H,45,53)(H2,40,44,49)(H2,43,46,54)(H3,41,47,48,50,51). The zero-order valence-electron chi connectivity index (χ0n) is 32.6. The maximum atomic E-state index is 12.3. The minimum Gasteiger partial charge on any atom is -0.471 e. The number of aromatic amines is 1. The molecule has 3 heterocycles. The molecule has 3 aromatic heterocycles. The highest BCUT2D eigenvalue weighted by atomic mass is 16.5. The van der Waals surface area contributed by atoms with Crippen molar-refractivity contribution in [3.63, 3.8) is 0 Å². The van der Waals surface area contributed by atoms with E-state index >= 15 is 0 Å². The zero-order chi connectivity index (χ0) is 41.5. The Morgan fingerprint density at radius 2 is 1.19 bits per heavy atom. The highest BCUT2D eigenvalue weighted by Gasteiger charge is 2.11. The van der Waals surface area contributed by atoms with Crippen LogP contribution in [0.3, 0.4) is 0 Å². The molecule has 0 spiro atoms. The molecule has 5 aromatic rings. The molecule has 4 amide bonds. The Morgan fingerprint density at radius 1 is 0.610 bits per heavy atom. The summed E-state index contributed by atoms with van der Waals surface area (Å²) in [6.45, 7) is 4.21. The molecule has 9 N–H and O–H groups in total. The molecule has 20 heteroatoms. The molecule has 0 aliphatic heterocycles. The number of aromatic nitrogens is 6. The van der Waals surface area contributed by atoms with Gasteiger partial charge in [0.05, 0.1) is 46.0 Å². The van der Waals surface area contributed by atoms with E-state index < -0.39 is 0 Å². The topological polar surface area (TPSA) is 278 Å². The van der Waals surface area contributed by atoms with Crippen LogP contribution in [-0.4, -0.2) is 100 Å². The highest BCUT2D eigenvalue weighted by molar-refractivity contribution is 5.79. The number of urea groups is 1. The summed E-state index contributed by atoms with van der Waals surface area (Å²) in [6, 6.07) is 16.7. The summed E-state index contributed by atoms with van der Waals surface area (Å²) in [6.07, 6.45) is 3.95. The average Bonchev–Trinajstić information content (AvgIpc) is 3.72. The van der Waals surface area contributed by atoms with Gasteiger partial charge in [-0.15, -0.1) is 0 Å². The lowest BCUT2D eigenvalue weighted by Gasteiger charge is -2.10. The van der Waals surface area contributed by atoms with Crippen LogP contribution in [0.5, 0.6) is 11.9 Å². The van der Waals surface area contributed by atoms with Crippen molar-refractivity contribution < 1.29 is 38.1 Å². The number of ether oxygens (including phenoxy) is 5. The fraction of sp³-hybridized carbons (Fsp3) is 0.385. The van der Waals surface area contributed by atoms with Gasteiger partial charge in [-0.1, -0.05) is 48.5 Å². The first kappa shape index (κ1) is 43.5. The summed E-state index contributed by atoms with van der Waals surface area (Å²) < 4.78 is 27.8. The van der Waals surface area contributed by atoms with Crippen molar-refractivity contribution in [3.05, 3.63) is 89.4 Å². The summed E-state index contributed by atoms with van der Waals surface area (Å²) in [5.74, 6) is 0.468. The Morgan fingerprint density at radius 3 is 1.85 bits per heavy atom. The molecule has 0 aliphatic rings. The Balaban J connectivity index is 0.772. The average molecular weight is 815 g/mol. The van der Waals surface area contributed by atoms with Crippen LogP contribution in [-0.2, 0) is 50.1 Å². The van der Waals surface area contributed by atoms with Crippen LogP contribution in [0, 0.1) is 0 Å². The van der Waals surface area contributed by atoms with Gasteiger partial charge in [-0.2, -0.15) is 15.0 Å². The quantitative estimate of drug-likeness (QED) is 0.0393. The van der Waals surface area contributed by atoms with Crippen molar-refractivity contribution in [1.82, 2.24) is 51.2 Å². The van der Waals surface area contributed by atoms with E-state index in [-0.39, 0.29) is 49.3 Å². The third-order valence-electron chi connectivity index (χ3n) is 8.31. The number of rotatable bonds is 26. The molecule has 59 heavy (non-hydrogen) atoms. The Kier molecular flexibility index (Phi) is 17.8. The monoisotopic (exact) mass is 814 g/mol.